The summed E-state index contributed by atoms with van der Waals surface area (Å²) in [6.45, 7) is 3.77. The molecule has 0 spiro atoms. The Balaban J connectivity index is 2.52. The molecule has 0 aliphatic heterocycles. The number of ketones is 1. The van der Waals surface area contributed by atoms with Crippen molar-refractivity contribution in [3.63, 3.8) is 0 Å². The van der Waals surface area contributed by atoms with Crippen molar-refractivity contribution in [1.29, 1.82) is 0 Å². The molecule has 0 unspecified atom stereocenters. The number of aromatic hydroxyl groups is 3. The minimum atomic E-state index is -0.402. The number of phenols is 3. The molecule has 2 rings (SSSR count). The number of rotatable bonds is 3. The zero-order valence-corrected chi connectivity index (χ0v) is 11.3. The van der Waals surface area contributed by atoms with E-state index in [0.717, 1.165) is 0 Å². The van der Waals surface area contributed by atoms with Crippen LogP contribution in [-0.4, -0.2) is 21.1 Å². The van der Waals surface area contributed by atoms with Gasteiger partial charge in [-0.3, -0.25) is 4.79 Å². The number of benzene rings is 2. The summed E-state index contributed by atoms with van der Waals surface area (Å²) in [4.78, 5) is 12.4. The van der Waals surface area contributed by atoms with Gasteiger partial charge in [0.2, 0.25) is 0 Å². The Bertz CT molecular complexity index is 660. The zero-order valence-electron chi connectivity index (χ0n) is 11.3. The fourth-order valence-electron chi connectivity index (χ4n) is 2.04. The fourth-order valence-corrected chi connectivity index (χ4v) is 2.04. The van der Waals surface area contributed by atoms with Crippen molar-refractivity contribution in [1.82, 2.24) is 0 Å². The van der Waals surface area contributed by atoms with E-state index in [0.29, 0.717) is 5.56 Å². The van der Waals surface area contributed by atoms with Crippen LogP contribution in [0.2, 0.25) is 0 Å². The van der Waals surface area contributed by atoms with Crippen molar-refractivity contribution in [3.8, 4) is 17.2 Å². The van der Waals surface area contributed by atoms with Gasteiger partial charge in [0.05, 0.1) is 5.56 Å². The SMILES string of the molecule is CC(C)c1cc(C(=O)c2cccc(O)c2)c(O)cc1O. The second-order valence-corrected chi connectivity index (χ2v) is 4.96. The van der Waals surface area contributed by atoms with Crippen LogP contribution in [0.3, 0.4) is 0 Å². The summed E-state index contributed by atoms with van der Waals surface area (Å²) in [5.74, 6) is -0.713. The van der Waals surface area contributed by atoms with Crippen LogP contribution in [0.1, 0.15) is 41.3 Å². The van der Waals surface area contributed by atoms with Crippen LogP contribution < -0.4 is 0 Å². The molecule has 4 heteroatoms. The summed E-state index contributed by atoms with van der Waals surface area (Å²) < 4.78 is 0. The van der Waals surface area contributed by atoms with Crippen LogP contribution in [0.4, 0.5) is 0 Å². The molecule has 3 N–H and O–H groups in total. The van der Waals surface area contributed by atoms with Gasteiger partial charge in [-0.25, -0.2) is 0 Å². The lowest BCUT2D eigenvalue weighted by atomic mass is 9.95. The zero-order chi connectivity index (χ0) is 14.9. The Morgan fingerprint density at radius 1 is 1.00 bits per heavy atom. The summed E-state index contributed by atoms with van der Waals surface area (Å²) in [6.07, 6.45) is 0. The lowest BCUT2D eigenvalue weighted by molar-refractivity contribution is 0.103. The normalized spacial score (nSPS) is 10.8. The Hall–Kier alpha value is -2.49. The van der Waals surface area contributed by atoms with E-state index in [-0.39, 0.29) is 34.3 Å². The molecule has 2 aromatic carbocycles. The van der Waals surface area contributed by atoms with Gasteiger partial charge in [0, 0.05) is 11.6 Å². The van der Waals surface area contributed by atoms with Crippen LogP contribution in [0.25, 0.3) is 0 Å². The summed E-state index contributed by atoms with van der Waals surface area (Å²) in [7, 11) is 0. The average molecular weight is 272 g/mol. The molecule has 0 aliphatic rings. The maximum Gasteiger partial charge on any atom is 0.196 e. The first-order chi connectivity index (χ1) is 9.40. The molecule has 20 heavy (non-hydrogen) atoms. The highest BCUT2D eigenvalue weighted by molar-refractivity contribution is 6.11. The minimum Gasteiger partial charge on any atom is -0.508 e. The molecule has 0 saturated heterocycles. The third kappa shape index (κ3) is 2.59. The van der Waals surface area contributed by atoms with Gasteiger partial charge < -0.3 is 15.3 Å². The standard InChI is InChI=1S/C16H16O4/c1-9(2)12-7-13(15(19)8-14(12)18)16(20)10-4-3-5-11(17)6-10/h3-9,17-19H,1-2H3. The molecule has 0 atom stereocenters. The fraction of sp³-hybridized carbons (Fsp3) is 0.188. The predicted octanol–water partition coefficient (Wildman–Crippen LogP) is 3.16. The molecule has 0 bridgehead atoms. The summed E-state index contributed by atoms with van der Waals surface area (Å²) in [5.41, 5.74) is 0.976. The summed E-state index contributed by atoms with van der Waals surface area (Å²) in [6, 6.07) is 8.58. The highest BCUT2D eigenvalue weighted by atomic mass is 16.3. The van der Waals surface area contributed by atoms with E-state index >= 15 is 0 Å². The van der Waals surface area contributed by atoms with Crippen molar-refractivity contribution < 1.29 is 20.1 Å². The first-order valence-electron chi connectivity index (χ1n) is 6.29. The number of carbonyl (C=O) groups excluding carboxylic acids is 1. The molecule has 0 radical (unpaired) electrons. The second kappa shape index (κ2) is 5.25. The minimum absolute atomic E-state index is 0.0156. The monoisotopic (exact) mass is 272 g/mol. The van der Waals surface area contributed by atoms with E-state index < -0.39 is 5.78 Å². The largest absolute Gasteiger partial charge is 0.508 e. The molecule has 0 aromatic heterocycles. The maximum atomic E-state index is 12.4. The van der Waals surface area contributed by atoms with Crippen molar-refractivity contribution >= 4 is 5.78 Å². The number of phenolic OH excluding ortho intramolecular Hbond substituents is 3. The van der Waals surface area contributed by atoms with Crippen LogP contribution >= 0.6 is 0 Å². The van der Waals surface area contributed by atoms with E-state index in [1.165, 1.54) is 24.3 Å². The van der Waals surface area contributed by atoms with Gasteiger partial charge in [0.1, 0.15) is 17.2 Å². The molecule has 0 fully saturated rings. The maximum absolute atomic E-state index is 12.4. The highest BCUT2D eigenvalue weighted by Crippen LogP contribution is 2.33. The molecular formula is C16H16O4. The van der Waals surface area contributed by atoms with Gasteiger partial charge >= 0.3 is 0 Å². The molecular weight excluding hydrogens is 256 g/mol. The van der Waals surface area contributed by atoms with Crippen molar-refractivity contribution in [2.24, 2.45) is 0 Å². The Morgan fingerprint density at radius 3 is 2.30 bits per heavy atom. The first kappa shape index (κ1) is 13.9. The molecule has 2 aromatic rings. The molecule has 104 valence electrons. The Kier molecular flexibility index (Phi) is 3.66. The third-order valence-electron chi connectivity index (χ3n) is 3.12. The van der Waals surface area contributed by atoms with Crippen LogP contribution in [0, 0.1) is 0 Å². The van der Waals surface area contributed by atoms with Crippen LogP contribution in [-0.2, 0) is 0 Å². The topological polar surface area (TPSA) is 77.8 Å². The van der Waals surface area contributed by atoms with Gasteiger partial charge in [0.15, 0.2) is 5.78 Å². The molecule has 0 heterocycles. The Labute approximate surface area is 116 Å². The Morgan fingerprint density at radius 2 is 1.70 bits per heavy atom. The number of carbonyl (C=O) groups is 1. The first-order valence-corrected chi connectivity index (χ1v) is 6.29. The highest BCUT2D eigenvalue weighted by Gasteiger charge is 2.18. The lowest BCUT2D eigenvalue weighted by Crippen LogP contribution is -2.03. The molecule has 0 amide bonds. The van der Waals surface area contributed by atoms with E-state index in [1.807, 2.05) is 13.8 Å². The number of hydrogen-bond donors (Lipinski definition) is 3. The second-order valence-electron chi connectivity index (χ2n) is 4.96. The van der Waals surface area contributed by atoms with E-state index in [9.17, 15) is 20.1 Å². The summed E-state index contributed by atoms with van der Waals surface area (Å²) in [5, 5.41) is 29.0. The summed E-state index contributed by atoms with van der Waals surface area (Å²) >= 11 is 0. The molecule has 4 nitrogen and oxygen atoms in total. The smallest absolute Gasteiger partial charge is 0.196 e. The molecule has 0 aliphatic carbocycles. The van der Waals surface area contributed by atoms with Gasteiger partial charge in [-0.2, -0.15) is 0 Å². The average Bonchev–Trinajstić information content (AvgIpc) is 2.37. The van der Waals surface area contributed by atoms with Gasteiger partial charge in [0.25, 0.3) is 0 Å². The van der Waals surface area contributed by atoms with E-state index in [1.54, 1.807) is 12.1 Å². The van der Waals surface area contributed by atoms with E-state index in [2.05, 4.69) is 0 Å². The predicted molar refractivity (Wildman–Crippen MR) is 75.4 cm³/mol. The van der Waals surface area contributed by atoms with Crippen molar-refractivity contribution in [2.45, 2.75) is 19.8 Å². The van der Waals surface area contributed by atoms with Gasteiger partial charge in [-0.1, -0.05) is 26.0 Å². The quantitative estimate of drug-likeness (QED) is 0.750. The van der Waals surface area contributed by atoms with Crippen LogP contribution in [0.5, 0.6) is 17.2 Å². The van der Waals surface area contributed by atoms with Crippen molar-refractivity contribution in [2.75, 3.05) is 0 Å². The lowest BCUT2D eigenvalue weighted by Gasteiger charge is -2.12. The third-order valence-corrected chi connectivity index (χ3v) is 3.12. The van der Waals surface area contributed by atoms with Crippen LogP contribution in [0.15, 0.2) is 36.4 Å². The van der Waals surface area contributed by atoms with Crippen molar-refractivity contribution in [3.05, 3.63) is 53.1 Å². The van der Waals surface area contributed by atoms with Gasteiger partial charge in [-0.05, 0) is 29.7 Å². The number of hydrogen-bond acceptors (Lipinski definition) is 4. The molecule has 0 saturated carbocycles. The van der Waals surface area contributed by atoms with E-state index in [4.69, 9.17) is 0 Å². The van der Waals surface area contributed by atoms with Gasteiger partial charge in [-0.15, -0.1) is 0 Å².